The summed E-state index contributed by atoms with van der Waals surface area (Å²) in [4.78, 5) is 0. The molecule has 1 saturated carbocycles. The van der Waals surface area contributed by atoms with Crippen LogP contribution in [0.15, 0.2) is 18.2 Å². The molecule has 1 N–H and O–H groups in total. The van der Waals surface area contributed by atoms with Crippen LogP contribution in [-0.2, 0) is 6.42 Å². The summed E-state index contributed by atoms with van der Waals surface area (Å²) >= 11 is 0. The van der Waals surface area contributed by atoms with E-state index in [1.54, 1.807) is 0 Å². The topological polar surface area (TPSA) is 29.5 Å². The molecule has 2 aliphatic rings. The Morgan fingerprint density at radius 1 is 1.35 bits per heavy atom. The fourth-order valence-electron chi connectivity index (χ4n) is 2.81. The number of aliphatic hydroxyl groups is 1. The van der Waals surface area contributed by atoms with E-state index in [1.165, 1.54) is 18.4 Å². The van der Waals surface area contributed by atoms with E-state index >= 15 is 0 Å². The lowest BCUT2D eigenvalue weighted by Gasteiger charge is -2.19. The molecule has 1 aromatic carbocycles. The molecule has 92 valence electrons. The van der Waals surface area contributed by atoms with Crippen molar-refractivity contribution in [3.05, 3.63) is 29.3 Å². The third-order valence-corrected chi connectivity index (χ3v) is 4.13. The third-order valence-electron chi connectivity index (χ3n) is 4.13. The van der Waals surface area contributed by atoms with Crippen LogP contribution in [0.5, 0.6) is 5.75 Å². The molecule has 1 aliphatic carbocycles. The predicted octanol–water partition coefficient (Wildman–Crippen LogP) is 3.09. The van der Waals surface area contributed by atoms with Gasteiger partial charge >= 0.3 is 0 Å². The molecule has 17 heavy (non-hydrogen) atoms. The molecule has 0 saturated heterocycles. The second-order valence-corrected chi connectivity index (χ2v) is 5.64. The summed E-state index contributed by atoms with van der Waals surface area (Å²) in [6, 6.07) is 6.15. The molecule has 2 nitrogen and oxygen atoms in total. The van der Waals surface area contributed by atoms with Crippen molar-refractivity contribution in [1.29, 1.82) is 0 Å². The highest BCUT2D eigenvalue weighted by Crippen LogP contribution is 2.43. The van der Waals surface area contributed by atoms with Crippen LogP contribution in [0.25, 0.3) is 0 Å². The maximum Gasteiger partial charge on any atom is 0.123 e. The number of hydrogen-bond donors (Lipinski definition) is 1. The molecule has 0 amide bonds. The Kier molecular flexibility index (Phi) is 2.62. The number of rotatable bonds is 3. The lowest BCUT2D eigenvalue weighted by Crippen LogP contribution is -2.11. The van der Waals surface area contributed by atoms with E-state index in [-0.39, 0.29) is 12.2 Å². The molecule has 1 fully saturated rings. The number of ether oxygens (including phenoxy) is 1. The normalized spacial score (nSPS) is 26.2. The fourth-order valence-corrected chi connectivity index (χ4v) is 2.81. The Bertz CT molecular complexity index is 423. The van der Waals surface area contributed by atoms with E-state index in [2.05, 4.69) is 19.9 Å². The molecular formula is C15H20O2. The van der Waals surface area contributed by atoms with Gasteiger partial charge in [0.1, 0.15) is 11.9 Å². The first-order chi connectivity index (χ1) is 8.15. The number of benzene rings is 1. The number of aliphatic hydroxyl groups excluding tert-OH is 1. The molecule has 0 radical (unpaired) electrons. The van der Waals surface area contributed by atoms with Gasteiger partial charge in [-0.25, -0.2) is 0 Å². The van der Waals surface area contributed by atoms with Crippen molar-refractivity contribution in [2.75, 3.05) is 0 Å². The Labute approximate surface area is 103 Å². The molecule has 3 unspecified atom stereocenters. The van der Waals surface area contributed by atoms with Crippen LogP contribution in [0, 0.1) is 11.8 Å². The molecule has 2 heteroatoms. The maximum absolute atomic E-state index is 10.4. The monoisotopic (exact) mass is 232 g/mol. The van der Waals surface area contributed by atoms with Gasteiger partial charge < -0.3 is 9.84 Å². The summed E-state index contributed by atoms with van der Waals surface area (Å²) in [7, 11) is 0. The van der Waals surface area contributed by atoms with Crippen molar-refractivity contribution >= 4 is 0 Å². The Morgan fingerprint density at radius 2 is 2.12 bits per heavy atom. The summed E-state index contributed by atoms with van der Waals surface area (Å²) in [6.07, 6.45) is 3.49. The maximum atomic E-state index is 10.4. The fraction of sp³-hybridized carbons (Fsp3) is 0.600. The molecular weight excluding hydrogens is 212 g/mol. The van der Waals surface area contributed by atoms with Crippen LogP contribution in [0.1, 0.15) is 43.9 Å². The van der Waals surface area contributed by atoms with Gasteiger partial charge in [-0.15, -0.1) is 0 Å². The zero-order valence-electron chi connectivity index (χ0n) is 10.5. The van der Waals surface area contributed by atoms with E-state index in [0.717, 1.165) is 23.7 Å². The minimum atomic E-state index is -0.316. The largest absolute Gasteiger partial charge is 0.490 e. The zero-order chi connectivity index (χ0) is 12.0. The van der Waals surface area contributed by atoms with Crippen molar-refractivity contribution in [2.45, 2.75) is 45.3 Å². The summed E-state index contributed by atoms with van der Waals surface area (Å²) < 4.78 is 5.68. The van der Waals surface area contributed by atoms with Gasteiger partial charge in [-0.1, -0.05) is 13.0 Å². The third kappa shape index (κ3) is 2.06. The average Bonchev–Trinajstić information content (AvgIpc) is 3.08. The van der Waals surface area contributed by atoms with Gasteiger partial charge in [-0.3, -0.25) is 0 Å². The molecule has 1 heterocycles. The lowest BCUT2D eigenvalue weighted by molar-refractivity contribution is 0.106. The van der Waals surface area contributed by atoms with Crippen molar-refractivity contribution in [1.82, 2.24) is 0 Å². The average molecular weight is 232 g/mol. The van der Waals surface area contributed by atoms with Crippen molar-refractivity contribution in [3.8, 4) is 5.75 Å². The van der Waals surface area contributed by atoms with Gasteiger partial charge in [0.15, 0.2) is 0 Å². The van der Waals surface area contributed by atoms with Crippen LogP contribution in [-0.4, -0.2) is 11.2 Å². The lowest BCUT2D eigenvalue weighted by atomic mass is 9.92. The van der Waals surface area contributed by atoms with Crippen molar-refractivity contribution in [3.63, 3.8) is 0 Å². The molecule has 0 spiro atoms. The standard InChI is InChI=1S/C15H20O2/c1-9-7-13-8-12(5-6-14(13)17-9)15(16)10(2)11-3-4-11/h5-6,8-11,15-16H,3-4,7H2,1-2H3. The van der Waals surface area contributed by atoms with Gasteiger partial charge in [0.25, 0.3) is 0 Å². The second-order valence-electron chi connectivity index (χ2n) is 5.64. The summed E-state index contributed by atoms with van der Waals surface area (Å²) in [5.74, 6) is 2.11. The molecule has 0 aromatic heterocycles. The second kappa shape index (κ2) is 4.02. The Hall–Kier alpha value is -1.02. The summed E-state index contributed by atoms with van der Waals surface area (Å²) in [5, 5.41) is 10.4. The van der Waals surface area contributed by atoms with Crippen LogP contribution in [0.3, 0.4) is 0 Å². The van der Waals surface area contributed by atoms with Crippen LogP contribution >= 0.6 is 0 Å². The zero-order valence-corrected chi connectivity index (χ0v) is 10.5. The first-order valence-electron chi connectivity index (χ1n) is 6.62. The SMILES string of the molecule is CC1Cc2cc(C(O)C(C)C3CC3)ccc2O1. The minimum absolute atomic E-state index is 0.276. The van der Waals surface area contributed by atoms with Gasteiger partial charge in [0.05, 0.1) is 6.10 Å². The molecule has 0 bridgehead atoms. The molecule has 3 atom stereocenters. The van der Waals surface area contributed by atoms with Crippen LogP contribution < -0.4 is 4.74 Å². The van der Waals surface area contributed by atoms with Gasteiger partial charge in [0, 0.05) is 6.42 Å². The predicted molar refractivity (Wildman–Crippen MR) is 67.1 cm³/mol. The smallest absolute Gasteiger partial charge is 0.123 e. The van der Waals surface area contributed by atoms with Crippen LogP contribution in [0.4, 0.5) is 0 Å². The Morgan fingerprint density at radius 3 is 2.82 bits per heavy atom. The van der Waals surface area contributed by atoms with Gasteiger partial charge in [-0.2, -0.15) is 0 Å². The van der Waals surface area contributed by atoms with Crippen molar-refractivity contribution in [2.24, 2.45) is 11.8 Å². The highest BCUT2D eigenvalue weighted by atomic mass is 16.5. The van der Waals surface area contributed by atoms with Crippen molar-refractivity contribution < 1.29 is 9.84 Å². The van der Waals surface area contributed by atoms with E-state index in [9.17, 15) is 5.11 Å². The molecule has 1 aromatic rings. The first-order valence-corrected chi connectivity index (χ1v) is 6.62. The molecule has 3 rings (SSSR count). The first kappa shape index (κ1) is 11.1. The Balaban J connectivity index is 1.81. The van der Waals surface area contributed by atoms with Gasteiger partial charge in [0.2, 0.25) is 0 Å². The van der Waals surface area contributed by atoms with Gasteiger partial charge in [-0.05, 0) is 54.9 Å². The van der Waals surface area contributed by atoms with E-state index in [0.29, 0.717) is 5.92 Å². The summed E-state index contributed by atoms with van der Waals surface area (Å²) in [5.41, 5.74) is 2.30. The van der Waals surface area contributed by atoms with E-state index in [1.807, 2.05) is 12.1 Å². The van der Waals surface area contributed by atoms with E-state index < -0.39 is 0 Å². The molecule has 1 aliphatic heterocycles. The summed E-state index contributed by atoms with van der Waals surface area (Å²) in [6.45, 7) is 4.25. The number of hydrogen-bond acceptors (Lipinski definition) is 2. The minimum Gasteiger partial charge on any atom is -0.490 e. The number of fused-ring (bicyclic) bond motifs is 1. The quantitative estimate of drug-likeness (QED) is 0.867. The van der Waals surface area contributed by atoms with E-state index in [4.69, 9.17) is 4.74 Å². The van der Waals surface area contributed by atoms with Crippen LogP contribution in [0.2, 0.25) is 0 Å². The highest BCUT2D eigenvalue weighted by Gasteiger charge is 2.33. The highest BCUT2D eigenvalue weighted by molar-refractivity contribution is 5.41.